The van der Waals surface area contributed by atoms with Gasteiger partial charge in [0.1, 0.15) is 0 Å². The molecule has 3 rings (SSSR count). The summed E-state index contributed by atoms with van der Waals surface area (Å²) in [5.74, 6) is 1.00. The first-order chi connectivity index (χ1) is 11.3. The molecule has 0 amide bonds. The van der Waals surface area contributed by atoms with Gasteiger partial charge in [-0.3, -0.25) is 0 Å². The fourth-order valence-electron chi connectivity index (χ4n) is 3.43. The van der Waals surface area contributed by atoms with Crippen LogP contribution >= 0.6 is 0 Å². The molecule has 2 aromatic carbocycles. The molecular weight excluding hydrogens is 285 g/mol. The molecule has 0 atom stereocenters. The molecule has 2 heteroatoms. The van der Waals surface area contributed by atoms with Gasteiger partial charge in [-0.1, -0.05) is 42.5 Å². The lowest BCUT2D eigenvalue weighted by Crippen LogP contribution is -2.11. The normalized spacial score (nSPS) is 21.2. The van der Waals surface area contributed by atoms with E-state index in [1.165, 1.54) is 11.1 Å². The summed E-state index contributed by atoms with van der Waals surface area (Å²) >= 11 is 0. The summed E-state index contributed by atoms with van der Waals surface area (Å²) in [5, 5.41) is 8.86. The summed E-state index contributed by atoms with van der Waals surface area (Å²) in [6, 6.07) is 18.6. The van der Waals surface area contributed by atoms with Crippen LogP contribution in [-0.4, -0.2) is 0 Å². The summed E-state index contributed by atoms with van der Waals surface area (Å²) in [7, 11) is 0. The zero-order chi connectivity index (χ0) is 16.1. The van der Waals surface area contributed by atoms with Crippen LogP contribution in [0.5, 0.6) is 0 Å². The highest BCUT2D eigenvalue weighted by molar-refractivity contribution is 5.64. The molecule has 2 aromatic rings. The van der Waals surface area contributed by atoms with Crippen molar-refractivity contribution in [1.29, 1.82) is 5.26 Å². The molecule has 0 spiro atoms. The van der Waals surface area contributed by atoms with Crippen LogP contribution in [0.15, 0.2) is 60.9 Å². The first kappa shape index (κ1) is 15.5. The highest BCUT2D eigenvalue weighted by Gasteiger charge is 2.20. The summed E-state index contributed by atoms with van der Waals surface area (Å²) in [6.07, 6.45) is 6.79. The number of rotatable bonds is 3. The smallest absolute Gasteiger partial charge is 0.0991 e. The number of hydrogen-bond donors (Lipinski definition) is 0. The van der Waals surface area contributed by atoms with Gasteiger partial charge in [0, 0.05) is 0 Å². The van der Waals surface area contributed by atoms with E-state index in [-0.39, 0.29) is 0 Å². The average molecular weight is 305 g/mol. The SMILES string of the molecule is N#Cc1ccc(-c2ccc([C@H]3CC[C@H](C=CF)CC3)cc2)cc1. The number of nitriles is 1. The Bertz CT molecular complexity index is 699. The van der Waals surface area contributed by atoms with Crippen molar-refractivity contribution in [3.63, 3.8) is 0 Å². The van der Waals surface area contributed by atoms with Crippen LogP contribution in [0.3, 0.4) is 0 Å². The van der Waals surface area contributed by atoms with E-state index in [9.17, 15) is 4.39 Å². The minimum absolute atomic E-state index is 0.411. The van der Waals surface area contributed by atoms with Gasteiger partial charge >= 0.3 is 0 Å². The van der Waals surface area contributed by atoms with E-state index in [2.05, 4.69) is 30.3 Å². The lowest BCUT2D eigenvalue weighted by atomic mass is 9.78. The fourth-order valence-corrected chi connectivity index (χ4v) is 3.43. The second-order valence-corrected chi connectivity index (χ2v) is 6.24. The van der Waals surface area contributed by atoms with E-state index in [0.717, 1.165) is 31.2 Å². The number of allylic oxidation sites excluding steroid dienone is 1. The standard InChI is InChI=1S/C21H20FN/c22-14-13-16-1-5-18(6-2-16)20-9-11-21(12-10-20)19-7-3-17(15-23)4-8-19/h3-4,7-14,16,18H,1-2,5-6H2/t16-,18-. The van der Waals surface area contributed by atoms with Crippen molar-refractivity contribution in [1.82, 2.24) is 0 Å². The van der Waals surface area contributed by atoms with Gasteiger partial charge in [0.15, 0.2) is 0 Å². The number of benzene rings is 2. The van der Waals surface area contributed by atoms with Gasteiger partial charge in [0.2, 0.25) is 0 Å². The fraction of sp³-hybridized carbons (Fsp3) is 0.286. The van der Waals surface area contributed by atoms with E-state index in [1.807, 2.05) is 24.3 Å². The van der Waals surface area contributed by atoms with Crippen molar-refractivity contribution in [3.8, 4) is 17.2 Å². The Morgan fingerprint density at radius 1 is 0.870 bits per heavy atom. The largest absolute Gasteiger partial charge is 0.216 e. The zero-order valence-electron chi connectivity index (χ0n) is 13.1. The first-order valence-electron chi connectivity index (χ1n) is 8.17. The highest BCUT2D eigenvalue weighted by Crippen LogP contribution is 2.36. The maximum absolute atomic E-state index is 12.3. The Labute approximate surface area is 137 Å². The molecule has 0 saturated heterocycles. The quantitative estimate of drug-likeness (QED) is 0.684. The maximum Gasteiger partial charge on any atom is 0.0991 e. The lowest BCUT2D eigenvalue weighted by Gasteiger charge is -2.27. The molecular formula is C21H20FN. The minimum Gasteiger partial charge on any atom is -0.216 e. The Morgan fingerprint density at radius 3 is 1.96 bits per heavy atom. The summed E-state index contributed by atoms with van der Waals surface area (Å²) in [6.45, 7) is 0. The Hall–Kier alpha value is -2.40. The summed E-state index contributed by atoms with van der Waals surface area (Å²) < 4.78 is 12.3. The molecule has 0 radical (unpaired) electrons. The zero-order valence-corrected chi connectivity index (χ0v) is 13.1. The molecule has 0 unspecified atom stereocenters. The van der Waals surface area contributed by atoms with Crippen molar-refractivity contribution < 1.29 is 4.39 Å². The summed E-state index contributed by atoms with van der Waals surface area (Å²) in [4.78, 5) is 0. The molecule has 0 aromatic heterocycles. The monoisotopic (exact) mass is 305 g/mol. The van der Waals surface area contributed by atoms with Crippen LogP contribution in [0, 0.1) is 17.2 Å². The third-order valence-corrected chi connectivity index (χ3v) is 4.85. The molecule has 0 aliphatic heterocycles. The first-order valence-corrected chi connectivity index (χ1v) is 8.17. The summed E-state index contributed by atoms with van der Waals surface area (Å²) in [5.41, 5.74) is 4.37. The minimum atomic E-state index is 0.411. The number of hydrogen-bond acceptors (Lipinski definition) is 1. The third kappa shape index (κ3) is 3.68. The molecule has 1 saturated carbocycles. The second kappa shape index (κ2) is 7.24. The van der Waals surface area contributed by atoms with Crippen LogP contribution in [-0.2, 0) is 0 Å². The van der Waals surface area contributed by atoms with Crippen molar-refractivity contribution >= 4 is 0 Å². The Balaban J connectivity index is 1.69. The second-order valence-electron chi connectivity index (χ2n) is 6.24. The topological polar surface area (TPSA) is 23.8 Å². The van der Waals surface area contributed by atoms with Gasteiger partial charge < -0.3 is 0 Å². The predicted molar refractivity (Wildman–Crippen MR) is 91.5 cm³/mol. The van der Waals surface area contributed by atoms with E-state index < -0.39 is 0 Å². The average Bonchev–Trinajstić information content (AvgIpc) is 2.63. The van der Waals surface area contributed by atoms with E-state index in [4.69, 9.17) is 5.26 Å². The van der Waals surface area contributed by atoms with Crippen molar-refractivity contribution in [2.75, 3.05) is 0 Å². The van der Waals surface area contributed by atoms with Gasteiger partial charge in [-0.15, -0.1) is 0 Å². The van der Waals surface area contributed by atoms with E-state index >= 15 is 0 Å². The van der Waals surface area contributed by atoms with Crippen LogP contribution in [0.4, 0.5) is 4.39 Å². The Morgan fingerprint density at radius 2 is 1.43 bits per heavy atom. The van der Waals surface area contributed by atoms with Gasteiger partial charge in [-0.05, 0) is 66.3 Å². The van der Waals surface area contributed by atoms with E-state index in [1.54, 1.807) is 6.08 Å². The molecule has 1 aliphatic carbocycles. The van der Waals surface area contributed by atoms with Gasteiger partial charge in [0.05, 0.1) is 18.0 Å². The van der Waals surface area contributed by atoms with Crippen LogP contribution in [0.25, 0.3) is 11.1 Å². The molecule has 1 fully saturated rings. The maximum atomic E-state index is 12.3. The molecule has 116 valence electrons. The predicted octanol–water partition coefficient (Wildman–Crippen LogP) is 5.98. The highest BCUT2D eigenvalue weighted by atomic mass is 19.1. The van der Waals surface area contributed by atoms with Crippen molar-refractivity contribution in [3.05, 3.63) is 72.1 Å². The molecule has 0 N–H and O–H groups in total. The van der Waals surface area contributed by atoms with Crippen molar-refractivity contribution in [2.24, 2.45) is 5.92 Å². The molecule has 1 aliphatic rings. The molecule has 1 nitrogen and oxygen atoms in total. The molecule has 0 heterocycles. The molecule has 23 heavy (non-hydrogen) atoms. The molecule has 0 bridgehead atoms. The van der Waals surface area contributed by atoms with Crippen molar-refractivity contribution in [2.45, 2.75) is 31.6 Å². The van der Waals surface area contributed by atoms with Gasteiger partial charge in [0.25, 0.3) is 0 Å². The van der Waals surface area contributed by atoms with Crippen LogP contribution in [0.2, 0.25) is 0 Å². The lowest BCUT2D eigenvalue weighted by molar-refractivity contribution is 0.373. The Kier molecular flexibility index (Phi) is 4.88. The number of nitrogens with zero attached hydrogens (tertiary/aromatic N) is 1. The van der Waals surface area contributed by atoms with Crippen LogP contribution in [0.1, 0.15) is 42.7 Å². The van der Waals surface area contributed by atoms with Gasteiger partial charge in [-0.25, -0.2) is 4.39 Å². The van der Waals surface area contributed by atoms with Gasteiger partial charge in [-0.2, -0.15) is 5.26 Å². The third-order valence-electron chi connectivity index (χ3n) is 4.85. The van der Waals surface area contributed by atoms with Crippen LogP contribution < -0.4 is 0 Å². The number of halogens is 1. The van der Waals surface area contributed by atoms with E-state index in [0.29, 0.717) is 23.7 Å².